The van der Waals surface area contributed by atoms with Crippen molar-refractivity contribution in [2.24, 2.45) is 5.10 Å². The minimum absolute atomic E-state index is 0.0752. The van der Waals surface area contributed by atoms with Crippen molar-refractivity contribution >= 4 is 58.2 Å². The van der Waals surface area contributed by atoms with E-state index < -0.39 is 0 Å². The molecular weight excluding hydrogens is 433 g/mol. The van der Waals surface area contributed by atoms with Gasteiger partial charge in [-0.25, -0.2) is 10.1 Å². The lowest BCUT2D eigenvalue weighted by Gasteiger charge is -2.06. The molecule has 4 N–H and O–H groups in total. The molecular formula is C18H17Cl2N7OS. The minimum Gasteiger partial charge on any atom is -0.334 e. The first-order chi connectivity index (χ1) is 13.9. The molecule has 0 aliphatic rings. The Kier molecular flexibility index (Phi) is 6.97. The van der Waals surface area contributed by atoms with Crippen LogP contribution in [-0.2, 0) is 4.79 Å². The summed E-state index contributed by atoms with van der Waals surface area (Å²) in [6.07, 6.45) is 0. The zero-order valence-electron chi connectivity index (χ0n) is 15.3. The van der Waals surface area contributed by atoms with Crippen LogP contribution in [0.5, 0.6) is 0 Å². The fourth-order valence-electron chi connectivity index (χ4n) is 2.28. The summed E-state index contributed by atoms with van der Waals surface area (Å²) in [4.78, 5) is 12.1. The molecule has 3 aromatic rings. The largest absolute Gasteiger partial charge is 0.334 e. The highest BCUT2D eigenvalue weighted by Crippen LogP contribution is 2.23. The molecule has 1 aromatic heterocycles. The van der Waals surface area contributed by atoms with Gasteiger partial charge >= 0.3 is 0 Å². The molecule has 0 saturated heterocycles. The van der Waals surface area contributed by atoms with Crippen LogP contribution in [0.4, 0.5) is 11.6 Å². The molecule has 29 heavy (non-hydrogen) atoms. The van der Waals surface area contributed by atoms with Gasteiger partial charge in [0.05, 0.1) is 11.5 Å². The maximum atomic E-state index is 12.1. The maximum absolute atomic E-state index is 12.1. The average Bonchev–Trinajstić information content (AvgIpc) is 3.04. The summed E-state index contributed by atoms with van der Waals surface area (Å²) in [6, 6.07) is 14.5. The summed E-state index contributed by atoms with van der Waals surface area (Å²) in [5.74, 6) is 6.05. The number of benzene rings is 2. The Morgan fingerprint density at radius 1 is 1.17 bits per heavy atom. The summed E-state index contributed by atoms with van der Waals surface area (Å²) in [7, 11) is 0. The monoisotopic (exact) mass is 449 g/mol. The highest BCUT2D eigenvalue weighted by molar-refractivity contribution is 7.99. The Hall–Kier alpha value is -2.75. The Morgan fingerprint density at radius 3 is 2.55 bits per heavy atom. The number of nitrogens with one attached hydrogen (secondary N) is 2. The summed E-state index contributed by atoms with van der Waals surface area (Å²) in [5.41, 5.74) is 5.02. The molecule has 11 heteroatoms. The van der Waals surface area contributed by atoms with E-state index in [1.54, 1.807) is 18.2 Å². The lowest BCUT2D eigenvalue weighted by molar-refractivity contribution is -0.113. The first kappa shape index (κ1) is 21.0. The zero-order valence-corrected chi connectivity index (χ0v) is 17.6. The second kappa shape index (κ2) is 9.64. The molecule has 0 radical (unpaired) electrons. The maximum Gasteiger partial charge on any atom is 0.264 e. The number of halogens is 2. The Labute approximate surface area is 181 Å². The molecule has 1 heterocycles. The van der Waals surface area contributed by atoms with E-state index in [-0.39, 0.29) is 17.6 Å². The molecule has 8 nitrogen and oxygen atoms in total. The summed E-state index contributed by atoms with van der Waals surface area (Å²) in [6.45, 7) is 1.86. The van der Waals surface area contributed by atoms with Gasteiger partial charge in [0.25, 0.3) is 5.95 Å². The molecule has 2 aromatic carbocycles. The second-order valence-corrected chi connectivity index (χ2v) is 7.66. The van der Waals surface area contributed by atoms with Crippen molar-refractivity contribution in [1.82, 2.24) is 14.9 Å². The van der Waals surface area contributed by atoms with Crippen molar-refractivity contribution in [2.75, 3.05) is 22.3 Å². The van der Waals surface area contributed by atoms with Gasteiger partial charge in [0.2, 0.25) is 11.1 Å². The van der Waals surface area contributed by atoms with Crippen LogP contribution in [0.15, 0.2) is 58.8 Å². The third-order valence-corrected chi connectivity index (χ3v) is 5.04. The molecule has 0 aliphatic carbocycles. The molecule has 0 spiro atoms. The van der Waals surface area contributed by atoms with E-state index in [1.807, 2.05) is 37.3 Å². The van der Waals surface area contributed by atoms with Gasteiger partial charge in [-0.1, -0.05) is 65.3 Å². The molecule has 3 rings (SSSR count). The number of aromatic nitrogens is 3. The number of rotatable bonds is 7. The van der Waals surface area contributed by atoms with Gasteiger partial charge in [-0.15, -0.1) is 10.2 Å². The highest BCUT2D eigenvalue weighted by atomic mass is 35.5. The van der Waals surface area contributed by atoms with E-state index in [0.717, 1.165) is 23.0 Å². The lowest BCUT2D eigenvalue weighted by Crippen LogP contribution is -2.17. The van der Waals surface area contributed by atoms with Crippen molar-refractivity contribution in [3.05, 3.63) is 64.1 Å². The van der Waals surface area contributed by atoms with E-state index in [9.17, 15) is 4.79 Å². The van der Waals surface area contributed by atoms with Gasteiger partial charge in [-0.05, 0) is 30.7 Å². The van der Waals surface area contributed by atoms with E-state index in [0.29, 0.717) is 20.9 Å². The van der Waals surface area contributed by atoms with E-state index >= 15 is 0 Å². The van der Waals surface area contributed by atoms with Gasteiger partial charge < -0.3 is 11.2 Å². The third kappa shape index (κ3) is 5.86. The van der Waals surface area contributed by atoms with Gasteiger partial charge in [0.1, 0.15) is 0 Å². The average molecular weight is 450 g/mol. The van der Waals surface area contributed by atoms with Crippen LogP contribution < -0.4 is 16.6 Å². The fraction of sp³-hybridized carbons (Fsp3) is 0.111. The first-order valence-corrected chi connectivity index (χ1v) is 10.1. The van der Waals surface area contributed by atoms with E-state index in [2.05, 4.69) is 26.0 Å². The number of anilines is 2. The highest BCUT2D eigenvalue weighted by Gasteiger charge is 2.12. The van der Waals surface area contributed by atoms with Crippen molar-refractivity contribution in [2.45, 2.75) is 12.1 Å². The second-order valence-electron chi connectivity index (χ2n) is 5.85. The normalized spacial score (nSPS) is 11.3. The summed E-state index contributed by atoms with van der Waals surface area (Å²) in [5, 5.41) is 16.1. The van der Waals surface area contributed by atoms with Crippen molar-refractivity contribution < 1.29 is 4.79 Å². The number of thioether (sulfide) groups is 1. The smallest absolute Gasteiger partial charge is 0.264 e. The van der Waals surface area contributed by atoms with Crippen LogP contribution in [0.1, 0.15) is 12.5 Å². The van der Waals surface area contributed by atoms with E-state index in [1.165, 1.54) is 4.68 Å². The van der Waals surface area contributed by atoms with Crippen LogP contribution in [0.3, 0.4) is 0 Å². The van der Waals surface area contributed by atoms with Gasteiger partial charge in [0.15, 0.2) is 0 Å². The standard InChI is InChI=1S/C18H17Cl2N7OS/c1-11(12-5-3-2-4-6-12)23-24-17-25-26-18(27(17)21)29-10-16(28)22-15-8-13(19)7-14(20)9-15/h2-9H,10,21H2,1H3,(H,22,28)(H,24,25)/b23-11+. The van der Waals surface area contributed by atoms with Gasteiger partial charge in [-0.3, -0.25) is 4.79 Å². The topological polar surface area (TPSA) is 110 Å². The first-order valence-electron chi connectivity index (χ1n) is 8.37. The molecule has 0 unspecified atom stereocenters. The van der Waals surface area contributed by atoms with Crippen molar-refractivity contribution in [3.8, 4) is 0 Å². The number of nitrogen functional groups attached to an aromatic ring is 1. The predicted octanol–water partition coefficient (Wildman–Crippen LogP) is 3.87. The Morgan fingerprint density at radius 2 is 1.86 bits per heavy atom. The quantitative estimate of drug-likeness (QED) is 0.218. The number of hydrogen-bond donors (Lipinski definition) is 3. The van der Waals surface area contributed by atoms with Crippen LogP contribution >= 0.6 is 35.0 Å². The Bertz CT molecular complexity index is 1020. The molecule has 150 valence electrons. The number of carbonyl (C=O) groups is 1. The van der Waals surface area contributed by atoms with E-state index in [4.69, 9.17) is 29.0 Å². The van der Waals surface area contributed by atoms with Gasteiger partial charge in [-0.2, -0.15) is 5.10 Å². The van der Waals surface area contributed by atoms with Crippen LogP contribution in [0.25, 0.3) is 0 Å². The van der Waals surface area contributed by atoms with Crippen molar-refractivity contribution in [3.63, 3.8) is 0 Å². The molecule has 0 fully saturated rings. The predicted molar refractivity (Wildman–Crippen MR) is 118 cm³/mol. The third-order valence-electron chi connectivity index (χ3n) is 3.66. The minimum atomic E-state index is -0.260. The van der Waals surface area contributed by atoms with Crippen molar-refractivity contribution in [1.29, 1.82) is 0 Å². The lowest BCUT2D eigenvalue weighted by atomic mass is 10.1. The van der Waals surface area contributed by atoms with Gasteiger partial charge in [0, 0.05) is 15.7 Å². The summed E-state index contributed by atoms with van der Waals surface area (Å²) >= 11 is 13.0. The van der Waals surface area contributed by atoms with Crippen LogP contribution in [0.2, 0.25) is 10.0 Å². The number of nitrogens with two attached hydrogens (primary N) is 1. The molecule has 1 amide bonds. The number of amides is 1. The number of nitrogens with zero attached hydrogens (tertiary/aromatic N) is 4. The molecule has 0 atom stereocenters. The number of hydrazone groups is 1. The van der Waals surface area contributed by atoms with Crippen LogP contribution in [-0.4, -0.2) is 32.2 Å². The zero-order chi connectivity index (χ0) is 20.8. The number of carbonyl (C=O) groups excluding carboxylic acids is 1. The molecule has 0 saturated carbocycles. The Balaban J connectivity index is 1.57. The van der Waals surface area contributed by atoms with Crippen LogP contribution in [0, 0.1) is 0 Å². The SMILES string of the molecule is C/C(=N\Nc1nnc(SCC(=O)Nc2cc(Cl)cc(Cl)c2)n1N)c1ccccc1. The number of hydrogen-bond acceptors (Lipinski definition) is 7. The molecule has 0 bridgehead atoms. The molecule has 0 aliphatic heterocycles. The fourth-order valence-corrected chi connectivity index (χ4v) is 3.47. The summed E-state index contributed by atoms with van der Waals surface area (Å²) < 4.78 is 1.23.